The van der Waals surface area contributed by atoms with Crippen molar-refractivity contribution in [1.82, 2.24) is 15.1 Å². The second-order valence-electron chi connectivity index (χ2n) is 5.10. The second-order valence-corrected chi connectivity index (χ2v) is 5.10. The highest BCUT2D eigenvalue weighted by Gasteiger charge is 2.11. The average Bonchev–Trinajstić information content (AvgIpc) is 2.62. The summed E-state index contributed by atoms with van der Waals surface area (Å²) < 4.78 is 5.63. The summed E-state index contributed by atoms with van der Waals surface area (Å²) in [6.45, 7) is 1.17. The third-order valence-electron chi connectivity index (χ3n) is 3.27. The first-order valence-corrected chi connectivity index (χ1v) is 7.66. The van der Waals surface area contributed by atoms with Gasteiger partial charge in [0.25, 0.3) is 11.2 Å². The summed E-state index contributed by atoms with van der Waals surface area (Å²) in [4.78, 5) is 45.1. The van der Waals surface area contributed by atoms with Gasteiger partial charge in [0.15, 0.2) is 0 Å². The molecule has 0 bridgehead atoms. The number of hydrogen-bond acceptors (Lipinski definition) is 7. The Morgan fingerprint density at radius 1 is 1.23 bits per heavy atom. The molecule has 2 rings (SSSR count). The average molecular weight is 360 g/mol. The predicted octanol–water partition coefficient (Wildman–Crippen LogP) is 0.498. The number of benzene rings is 1. The van der Waals surface area contributed by atoms with Crippen LogP contribution in [0.15, 0.2) is 41.2 Å². The number of hydrogen-bond donors (Lipinski definition) is 1. The second kappa shape index (κ2) is 8.51. The van der Waals surface area contributed by atoms with Gasteiger partial charge in [0, 0.05) is 23.8 Å². The lowest BCUT2D eigenvalue weighted by atomic mass is 10.1. The maximum Gasteiger partial charge on any atom is 0.325 e. The first-order valence-electron chi connectivity index (χ1n) is 7.66. The van der Waals surface area contributed by atoms with Crippen molar-refractivity contribution in [2.45, 2.75) is 13.5 Å². The highest BCUT2D eigenvalue weighted by Crippen LogP contribution is 2.19. The van der Waals surface area contributed by atoms with Gasteiger partial charge in [-0.1, -0.05) is 0 Å². The maximum atomic E-state index is 11.9. The molecule has 0 saturated carbocycles. The van der Waals surface area contributed by atoms with Gasteiger partial charge in [-0.05, 0) is 25.1 Å². The number of carbonyl (C=O) groups excluding carboxylic acids is 2. The Morgan fingerprint density at radius 3 is 2.54 bits per heavy atom. The van der Waals surface area contributed by atoms with E-state index in [0.717, 1.165) is 4.68 Å². The van der Waals surface area contributed by atoms with Crippen molar-refractivity contribution in [1.29, 1.82) is 0 Å². The number of nitrogens with one attached hydrogen (secondary N) is 1. The Hall–Kier alpha value is -3.56. The minimum Gasteiger partial charge on any atom is -0.465 e. The SMILES string of the molecule is CCOC(=O)CNC(=O)Cn1nc(-c2ccc([N+](=O)[O-])cc2)ccc1=O. The van der Waals surface area contributed by atoms with Gasteiger partial charge < -0.3 is 10.1 Å². The van der Waals surface area contributed by atoms with Crippen molar-refractivity contribution >= 4 is 17.6 Å². The molecule has 0 radical (unpaired) electrons. The molecule has 1 aromatic carbocycles. The van der Waals surface area contributed by atoms with Crippen molar-refractivity contribution < 1.29 is 19.2 Å². The van der Waals surface area contributed by atoms with Crippen molar-refractivity contribution in [3.8, 4) is 11.3 Å². The number of nitrogens with zero attached hydrogens (tertiary/aromatic N) is 3. The molecule has 1 amide bonds. The van der Waals surface area contributed by atoms with Crippen LogP contribution in [0.4, 0.5) is 5.69 Å². The van der Waals surface area contributed by atoms with Crippen LogP contribution in [0.5, 0.6) is 0 Å². The Bertz CT molecular complexity index is 875. The molecule has 10 heteroatoms. The molecule has 1 heterocycles. The molecule has 0 spiro atoms. The molecule has 0 aliphatic rings. The number of carbonyl (C=O) groups is 2. The molecule has 1 N–H and O–H groups in total. The van der Waals surface area contributed by atoms with Crippen LogP contribution >= 0.6 is 0 Å². The van der Waals surface area contributed by atoms with E-state index in [9.17, 15) is 24.5 Å². The van der Waals surface area contributed by atoms with Crippen molar-refractivity contribution in [2.24, 2.45) is 0 Å². The minimum atomic E-state index is -0.583. The van der Waals surface area contributed by atoms with E-state index in [1.165, 1.54) is 36.4 Å². The molecule has 0 aliphatic heterocycles. The van der Waals surface area contributed by atoms with Crippen molar-refractivity contribution in [3.63, 3.8) is 0 Å². The summed E-state index contributed by atoms with van der Waals surface area (Å²) in [5.41, 5.74) is 0.358. The monoisotopic (exact) mass is 360 g/mol. The lowest BCUT2D eigenvalue weighted by molar-refractivity contribution is -0.384. The van der Waals surface area contributed by atoms with E-state index in [4.69, 9.17) is 0 Å². The Kier molecular flexibility index (Phi) is 6.15. The van der Waals surface area contributed by atoms with Gasteiger partial charge in [0.2, 0.25) is 5.91 Å². The number of nitro benzene ring substituents is 1. The van der Waals surface area contributed by atoms with Crippen LogP contribution in [-0.4, -0.2) is 39.7 Å². The number of ether oxygens (including phenoxy) is 1. The standard InChI is InChI=1S/C16H16N4O6/c1-2-26-16(23)9-17-14(21)10-19-15(22)8-7-13(18-19)11-3-5-12(6-4-11)20(24)25/h3-8H,2,9-10H2,1H3,(H,17,21). The zero-order valence-electron chi connectivity index (χ0n) is 13.9. The van der Waals surface area contributed by atoms with E-state index >= 15 is 0 Å². The van der Waals surface area contributed by atoms with Crippen LogP contribution in [-0.2, 0) is 20.9 Å². The van der Waals surface area contributed by atoms with Crippen LogP contribution in [0.3, 0.4) is 0 Å². The third kappa shape index (κ3) is 4.97. The molecular weight excluding hydrogens is 344 g/mol. The summed E-state index contributed by atoms with van der Waals surface area (Å²) in [5, 5.41) is 17.1. The molecule has 136 valence electrons. The van der Waals surface area contributed by atoms with Gasteiger partial charge in [0.05, 0.1) is 17.2 Å². The highest BCUT2D eigenvalue weighted by atomic mass is 16.6. The van der Waals surface area contributed by atoms with Crippen LogP contribution < -0.4 is 10.9 Å². The van der Waals surface area contributed by atoms with E-state index < -0.39 is 22.4 Å². The molecule has 0 saturated heterocycles. The molecule has 2 aromatic rings. The van der Waals surface area contributed by atoms with E-state index in [2.05, 4.69) is 15.2 Å². The van der Waals surface area contributed by atoms with E-state index in [0.29, 0.717) is 11.3 Å². The smallest absolute Gasteiger partial charge is 0.325 e. The fourth-order valence-corrected chi connectivity index (χ4v) is 2.04. The zero-order chi connectivity index (χ0) is 19.1. The molecule has 0 aliphatic carbocycles. The lowest BCUT2D eigenvalue weighted by Gasteiger charge is -2.08. The normalized spacial score (nSPS) is 10.2. The molecule has 0 atom stereocenters. The summed E-state index contributed by atoms with van der Waals surface area (Å²) in [7, 11) is 0. The van der Waals surface area contributed by atoms with E-state index in [1.807, 2.05) is 0 Å². The number of rotatable bonds is 7. The molecule has 0 fully saturated rings. The lowest BCUT2D eigenvalue weighted by Crippen LogP contribution is -2.36. The number of nitro groups is 1. The summed E-state index contributed by atoms with van der Waals surface area (Å²) in [6.07, 6.45) is 0. The van der Waals surface area contributed by atoms with Gasteiger partial charge in [-0.15, -0.1) is 0 Å². The van der Waals surface area contributed by atoms with Crippen molar-refractivity contribution in [2.75, 3.05) is 13.2 Å². The fraction of sp³-hybridized carbons (Fsp3) is 0.250. The third-order valence-corrected chi connectivity index (χ3v) is 3.27. The fourth-order valence-electron chi connectivity index (χ4n) is 2.04. The quantitative estimate of drug-likeness (QED) is 0.432. The van der Waals surface area contributed by atoms with E-state index in [-0.39, 0.29) is 25.4 Å². The predicted molar refractivity (Wildman–Crippen MR) is 90.2 cm³/mol. The summed E-state index contributed by atoms with van der Waals surface area (Å²) in [6, 6.07) is 8.32. The molecule has 26 heavy (non-hydrogen) atoms. The summed E-state index contributed by atoms with van der Waals surface area (Å²) in [5.74, 6) is -1.16. The topological polar surface area (TPSA) is 133 Å². The number of non-ortho nitro benzene ring substituents is 1. The minimum absolute atomic E-state index is 0.0691. The number of esters is 1. The molecule has 10 nitrogen and oxygen atoms in total. The first-order chi connectivity index (χ1) is 12.4. The van der Waals surface area contributed by atoms with Gasteiger partial charge in [0.1, 0.15) is 13.1 Å². The molecule has 1 aromatic heterocycles. The van der Waals surface area contributed by atoms with Gasteiger partial charge >= 0.3 is 5.97 Å². The van der Waals surface area contributed by atoms with Gasteiger partial charge in [-0.2, -0.15) is 5.10 Å². The maximum absolute atomic E-state index is 11.9. The van der Waals surface area contributed by atoms with Crippen LogP contribution in [0.1, 0.15) is 6.92 Å². The summed E-state index contributed by atoms with van der Waals surface area (Å²) >= 11 is 0. The molecular formula is C16H16N4O6. The van der Waals surface area contributed by atoms with Gasteiger partial charge in [-0.3, -0.25) is 24.5 Å². The number of amides is 1. The highest BCUT2D eigenvalue weighted by molar-refractivity contribution is 5.81. The Morgan fingerprint density at radius 2 is 1.92 bits per heavy atom. The Balaban J connectivity index is 2.11. The largest absolute Gasteiger partial charge is 0.465 e. The molecule has 0 unspecified atom stereocenters. The van der Waals surface area contributed by atoms with Crippen LogP contribution in [0.25, 0.3) is 11.3 Å². The van der Waals surface area contributed by atoms with E-state index in [1.54, 1.807) is 6.92 Å². The van der Waals surface area contributed by atoms with Crippen LogP contribution in [0.2, 0.25) is 0 Å². The Labute approximate surface area is 147 Å². The zero-order valence-corrected chi connectivity index (χ0v) is 13.9. The van der Waals surface area contributed by atoms with Gasteiger partial charge in [-0.25, -0.2) is 4.68 Å². The first kappa shape index (κ1) is 18.8. The van der Waals surface area contributed by atoms with Crippen LogP contribution in [0, 0.1) is 10.1 Å². The number of aromatic nitrogens is 2. The van der Waals surface area contributed by atoms with Crippen molar-refractivity contribution in [3.05, 3.63) is 56.9 Å².